The van der Waals surface area contributed by atoms with Crippen LogP contribution < -0.4 is 4.74 Å². The van der Waals surface area contributed by atoms with Gasteiger partial charge in [-0.25, -0.2) is 4.98 Å². The van der Waals surface area contributed by atoms with Gasteiger partial charge in [0.2, 0.25) is 0 Å². The molecule has 1 heterocycles. The molecule has 0 saturated carbocycles. The maximum Gasteiger partial charge on any atom is 0.346 e. The lowest BCUT2D eigenvalue weighted by molar-refractivity contribution is -0.515. The Balaban J connectivity index is 2.35. The Hall–Kier alpha value is -1.59. The van der Waals surface area contributed by atoms with Crippen molar-refractivity contribution in [2.24, 2.45) is 0 Å². The van der Waals surface area contributed by atoms with Crippen LogP contribution in [-0.2, 0) is 0 Å². The van der Waals surface area contributed by atoms with Gasteiger partial charge in [-0.2, -0.15) is 0 Å². The molecule has 0 atom stereocenters. The van der Waals surface area contributed by atoms with Gasteiger partial charge < -0.3 is 9.15 Å². The molecule has 0 bridgehead atoms. The van der Waals surface area contributed by atoms with Crippen LogP contribution in [0.2, 0.25) is 0 Å². The van der Waals surface area contributed by atoms with E-state index >= 15 is 0 Å². The maximum atomic E-state index is 9.71. The van der Waals surface area contributed by atoms with E-state index in [-0.39, 0.29) is 5.95 Å². The molecule has 10 heavy (non-hydrogen) atoms. The Kier molecular flexibility index (Phi) is 1.83. The van der Waals surface area contributed by atoms with Gasteiger partial charge in [0.15, 0.2) is 6.39 Å². The van der Waals surface area contributed by atoms with E-state index in [0.717, 1.165) is 6.39 Å². The summed E-state index contributed by atoms with van der Waals surface area (Å²) >= 11 is 0. The molecular formula is C4H4N2O4. The average molecular weight is 144 g/mol. The van der Waals surface area contributed by atoms with E-state index < -0.39 is 11.7 Å². The Morgan fingerprint density at radius 1 is 1.90 bits per heavy atom. The molecule has 0 unspecified atom stereocenters. The highest BCUT2D eigenvalue weighted by atomic mass is 16.7. The number of ether oxygens (including phenoxy) is 1. The Bertz CT molecular complexity index is 207. The van der Waals surface area contributed by atoms with Crippen molar-refractivity contribution in [2.45, 2.75) is 0 Å². The standard InChI is InChI=1S/C4H4N2O4/c7-6(8)3-10-4-1-5-2-9-4/h1-2H,3H2. The predicted octanol–water partition coefficient (Wildman–Crippen LogP) is 0.288. The quantitative estimate of drug-likeness (QED) is 0.346. The van der Waals surface area contributed by atoms with E-state index in [1.165, 1.54) is 6.20 Å². The molecule has 0 saturated heterocycles. The predicted molar refractivity (Wildman–Crippen MR) is 29.0 cm³/mol. The van der Waals surface area contributed by atoms with Crippen LogP contribution in [0.1, 0.15) is 0 Å². The minimum Gasteiger partial charge on any atom is -0.413 e. The number of nitro groups is 1. The highest BCUT2D eigenvalue weighted by molar-refractivity contribution is 4.93. The summed E-state index contributed by atoms with van der Waals surface area (Å²) in [6.07, 6.45) is 2.39. The number of aromatic nitrogens is 1. The molecule has 54 valence electrons. The van der Waals surface area contributed by atoms with Crippen molar-refractivity contribution in [3.63, 3.8) is 0 Å². The first-order valence-corrected chi connectivity index (χ1v) is 2.42. The lowest BCUT2D eigenvalue weighted by Gasteiger charge is -1.91. The lowest BCUT2D eigenvalue weighted by atomic mass is 10.9. The first kappa shape index (κ1) is 6.53. The molecule has 6 nitrogen and oxygen atoms in total. The zero-order chi connectivity index (χ0) is 7.40. The third-order valence-corrected chi connectivity index (χ3v) is 0.722. The van der Waals surface area contributed by atoms with Crippen molar-refractivity contribution in [2.75, 3.05) is 6.73 Å². The molecule has 0 aromatic carbocycles. The summed E-state index contributed by atoms with van der Waals surface area (Å²) in [6.45, 7) is -0.602. The third kappa shape index (κ3) is 1.73. The van der Waals surface area contributed by atoms with Crippen LogP contribution in [0.15, 0.2) is 17.0 Å². The number of hydrogen-bond acceptors (Lipinski definition) is 5. The van der Waals surface area contributed by atoms with E-state index in [4.69, 9.17) is 0 Å². The van der Waals surface area contributed by atoms with Gasteiger partial charge in [-0.05, 0) is 0 Å². The fourth-order valence-electron chi connectivity index (χ4n) is 0.392. The van der Waals surface area contributed by atoms with Gasteiger partial charge in [0.05, 0.1) is 4.92 Å². The summed E-state index contributed by atoms with van der Waals surface area (Å²) in [4.78, 5) is 12.6. The van der Waals surface area contributed by atoms with Crippen LogP contribution in [0.3, 0.4) is 0 Å². The van der Waals surface area contributed by atoms with E-state index in [2.05, 4.69) is 14.1 Å². The smallest absolute Gasteiger partial charge is 0.346 e. The summed E-state index contributed by atoms with van der Waals surface area (Å²) in [5.41, 5.74) is 0. The van der Waals surface area contributed by atoms with Crippen molar-refractivity contribution >= 4 is 0 Å². The van der Waals surface area contributed by atoms with Crippen molar-refractivity contribution < 1.29 is 14.1 Å². The third-order valence-electron chi connectivity index (χ3n) is 0.722. The molecule has 0 fully saturated rings. The van der Waals surface area contributed by atoms with Crippen LogP contribution in [0.5, 0.6) is 5.95 Å². The van der Waals surface area contributed by atoms with E-state index in [9.17, 15) is 10.1 Å². The van der Waals surface area contributed by atoms with Crippen molar-refractivity contribution in [1.29, 1.82) is 0 Å². The second-order valence-corrected chi connectivity index (χ2v) is 1.43. The molecule has 1 rings (SSSR count). The van der Waals surface area contributed by atoms with E-state index in [0.29, 0.717) is 0 Å². The summed E-state index contributed by atoms with van der Waals surface area (Å²) in [6, 6.07) is 0. The van der Waals surface area contributed by atoms with E-state index in [1.54, 1.807) is 0 Å². The van der Waals surface area contributed by atoms with Gasteiger partial charge in [-0.15, -0.1) is 0 Å². The van der Waals surface area contributed by atoms with Crippen LogP contribution in [0.4, 0.5) is 0 Å². The van der Waals surface area contributed by atoms with Gasteiger partial charge in [-0.1, -0.05) is 0 Å². The van der Waals surface area contributed by atoms with Crippen molar-refractivity contribution in [1.82, 2.24) is 4.98 Å². The van der Waals surface area contributed by atoms with Crippen molar-refractivity contribution in [3.8, 4) is 5.95 Å². The monoisotopic (exact) mass is 144 g/mol. The first-order valence-electron chi connectivity index (χ1n) is 2.42. The molecule has 0 N–H and O–H groups in total. The SMILES string of the molecule is O=[N+]([O-])COc1cnco1. The molecule has 0 spiro atoms. The highest BCUT2D eigenvalue weighted by Gasteiger charge is 2.00. The second-order valence-electron chi connectivity index (χ2n) is 1.43. The van der Waals surface area contributed by atoms with Crippen LogP contribution in [0.25, 0.3) is 0 Å². The number of oxazole rings is 1. The molecule has 0 aliphatic heterocycles. The van der Waals surface area contributed by atoms with Gasteiger partial charge in [0, 0.05) is 0 Å². The lowest BCUT2D eigenvalue weighted by Crippen LogP contribution is -2.07. The minimum absolute atomic E-state index is 0.0525. The highest BCUT2D eigenvalue weighted by Crippen LogP contribution is 2.05. The molecular weight excluding hydrogens is 140 g/mol. The average Bonchev–Trinajstić information content (AvgIpc) is 2.34. The van der Waals surface area contributed by atoms with Crippen LogP contribution in [0, 0.1) is 10.1 Å². The van der Waals surface area contributed by atoms with E-state index in [1.807, 2.05) is 0 Å². The number of rotatable bonds is 3. The molecule has 1 aromatic rings. The number of hydrogen-bond donors (Lipinski definition) is 0. The molecule has 0 aliphatic rings. The fraction of sp³-hybridized carbons (Fsp3) is 0.250. The molecule has 0 amide bonds. The van der Waals surface area contributed by atoms with Gasteiger partial charge in [0.25, 0.3) is 0 Å². The Morgan fingerprint density at radius 3 is 3.20 bits per heavy atom. The first-order chi connectivity index (χ1) is 4.79. The fourth-order valence-corrected chi connectivity index (χ4v) is 0.392. The molecule has 6 heteroatoms. The summed E-state index contributed by atoms with van der Waals surface area (Å²) < 4.78 is 9.03. The van der Waals surface area contributed by atoms with Gasteiger partial charge >= 0.3 is 12.7 Å². The molecule has 0 aliphatic carbocycles. The van der Waals surface area contributed by atoms with Crippen LogP contribution in [-0.4, -0.2) is 16.6 Å². The zero-order valence-corrected chi connectivity index (χ0v) is 4.89. The molecule has 0 radical (unpaired) electrons. The summed E-state index contributed by atoms with van der Waals surface area (Å²) in [5.74, 6) is 0.0525. The summed E-state index contributed by atoms with van der Waals surface area (Å²) in [5, 5.41) is 9.71. The Morgan fingerprint density at radius 2 is 2.70 bits per heavy atom. The minimum atomic E-state index is -0.609. The van der Waals surface area contributed by atoms with Gasteiger partial charge in [0.1, 0.15) is 6.20 Å². The van der Waals surface area contributed by atoms with Crippen molar-refractivity contribution in [3.05, 3.63) is 22.7 Å². The zero-order valence-electron chi connectivity index (χ0n) is 4.89. The van der Waals surface area contributed by atoms with Crippen LogP contribution >= 0.6 is 0 Å². The molecule has 1 aromatic heterocycles. The van der Waals surface area contributed by atoms with Gasteiger partial charge in [-0.3, -0.25) is 10.1 Å². The largest absolute Gasteiger partial charge is 0.413 e. The number of nitrogens with zero attached hydrogens (tertiary/aromatic N) is 2. The second kappa shape index (κ2) is 2.81. The summed E-state index contributed by atoms with van der Waals surface area (Å²) in [7, 11) is 0. The normalized spacial score (nSPS) is 9.20. The Labute approximate surface area is 55.6 Å². The topological polar surface area (TPSA) is 78.4 Å². The maximum absolute atomic E-state index is 9.71.